The molecule has 0 aliphatic carbocycles. The first-order valence-corrected chi connectivity index (χ1v) is 8.35. The van der Waals surface area contributed by atoms with E-state index < -0.39 is 24.0 Å². The summed E-state index contributed by atoms with van der Waals surface area (Å²) in [5.74, 6) is -0.557. The van der Waals surface area contributed by atoms with Crippen molar-refractivity contribution in [3.8, 4) is 0 Å². The van der Waals surface area contributed by atoms with Crippen molar-refractivity contribution in [3.05, 3.63) is 30.3 Å². The molecule has 0 bridgehead atoms. The number of hydrogen-bond donors (Lipinski definition) is 2. The second-order valence-corrected chi connectivity index (χ2v) is 6.33. The highest BCUT2D eigenvalue weighted by molar-refractivity contribution is 7.99. The molecular formula is C16H22N2O4S. The first-order chi connectivity index (χ1) is 10.9. The Morgan fingerprint density at radius 1 is 1.13 bits per heavy atom. The van der Waals surface area contributed by atoms with Crippen LogP contribution in [-0.4, -0.2) is 35.8 Å². The Labute approximate surface area is 140 Å². The van der Waals surface area contributed by atoms with Gasteiger partial charge in [-0.05, 0) is 32.9 Å². The van der Waals surface area contributed by atoms with Gasteiger partial charge in [0.1, 0.15) is 0 Å². The maximum absolute atomic E-state index is 11.7. The summed E-state index contributed by atoms with van der Waals surface area (Å²) >= 11 is 1.54. The number of hydrogen-bond acceptors (Lipinski definition) is 5. The van der Waals surface area contributed by atoms with Gasteiger partial charge in [-0.15, -0.1) is 11.8 Å². The summed E-state index contributed by atoms with van der Waals surface area (Å²) in [7, 11) is 0. The average Bonchev–Trinajstić information content (AvgIpc) is 2.47. The van der Waals surface area contributed by atoms with Gasteiger partial charge in [-0.25, -0.2) is 4.79 Å². The molecule has 0 radical (unpaired) electrons. The molecule has 0 heterocycles. The van der Waals surface area contributed by atoms with Gasteiger partial charge in [0, 0.05) is 16.7 Å². The number of benzene rings is 1. The highest BCUT2D eigenvalue weighted by Crippen LogP contribution is 2.17. The van der Waals surface area contributed by atoms with E-state index in [0.717, 1.165) is 4.90 Å². The van der Waals surface area contributed by atoms with Crippen LogP contribution in [0.25, 0.3) is 0 Å². The van der Waals surface area contributed by atoms with Crippen molar-refractivity contribution in [2.45, 2.75) is 44.2 Å². The van der Waals surface area contributed by atoms with Crippen molar-refractivity contribution < 1.29 is 19.1 Å². The summed E-state index contributed by atoms with van der Waals surface area (Å²) in [6.07, 6.45) is -0.822. The molecule has 0 spiro atoms. The van der Waals surface area contributed by atoms with Crippen LogP contribution in [0.5, 0.6) is 0 Å². The van der Waals surface area contributed by atoms with E-state index in [4.69, 9.17) is 4.74 Å². The number of esters is 1. The van der Waals surface area contributed by atoms with Crippen LogP contribution in [0.3, 0.4) is 0 Å². The number of ether oxygens (including phenoxy) is 1. The second-order valence-electron chi connectivity index (χ2n) is 5.16. The van der Waals surface area contributed by atoms with Crippen LogP contribution in [0.15, 0.2) is 35.2 Å². The lowest BCUT2D eigenvalue weighted by molar-refractivity contribution is -0.154. The lowest BCUT2D eigenvalue weighted by Crippen LogP contribution is -2.46. The standard InChI is InChI=1S/C16H22N2O4S/c1-11(2)17-16(21)18-15(20)12(3)22-14(19)9-10-23-13-7-5-4-6-8-13/h4-8,11-12H,9-10H2,1-3H3,(H2,17,18,20,21). The van der Waals surface area contributed by atoms with Gasteiger partial charge in [0.15, 0.2) is 6.10 Å². The number of rotatable bonds is 7. The quantitative estimate of drug-likeness (QED) is 0.589. The molecule has 0 aromatic heterocycles. The van der Waals surface area contributed by atoms with Crippen molar-refractivity contribution in [2.24, 2.45) is 0 Å². The van der Waals surface area contributed by atoms with Gasteiger partial charge in [-0.3, -0.25) is 14.9 Å². The number of nitrogens with one attached hydrogen (secondary N) is 2. The van der Waals surface area contributed by atoms with Crippen LogP contribution < -0.4 is 10.6 Å². The van der Waals surface area contributed by atoms with Crippen LogP contribution in [-0.2, 0) is 14.3 Å². The Hall–Kier alpha value is -2.02. The third-order valence-electron chi connectivity index (χ3n) is 2.65. The van der Waals surface area contributed by atoms with Crippen LogP contribution in [0, 0.1) is 0 Å². The van der Waals surface area contributed by atoms with Crippen molar-refractivity contribution in [2.75, 3.05) is 5.75 Å². The molecule has 6 nitrogen and oxygen atoms in total. The number of imide groups is 1. The molecule has 0 saturated carbocycles. The zero-order valence-electron chi connectivity index (χ0n) is 13.5. The van der Waals surface area contributed by atoms with Crippen LogP contribution in [0.4, 0.5) is 4.79 Å². The Morgan fingerprint density at radius 2 is 1.78 bits per heavy atom. The van der Waals surface area contributed by atoms with Crippen molar-refractivity contribution >= 4 is 29.7 Å². The second kappa shape index (κ2) is 9.89. The van der Waals surface area contributed by atoms with Gasteiger partial charge in [0.05, 0.1) is 6.42 Å². The molecule has 3 amide bonds. The van der Waals surface area contributed by atoms with E-state index in [1.165, 1.54) is 18.7 Å². The first kappa shape index (κ1) is 19.0. The fourth-order valence-electron chi connectivity index (χ4n) is 1.59. The van der Waals surface area contributed by atoms with E-state index in [1.807, 2.05) is 30.3 Å². The summed E-state index contributed by atoms with van der Waals surface area (Å²) in [6, 6.07) is 9.00. The minimum Gasteiger partial charge on any atom is -0.453 e. The summed E-state index contributed by atoms with van der Waals surface area (Å²) in [5, 5.41) is 4.65. The molecule has 1 aromatic carbocycles. The van der Waals surface area contributed by atoms with E-state index >= 15 is 0 Å². The summed E-state index contributed by atoms with van der Waals surface area (Å²) in [4.78, 5) is 35.9. The Balaban J connectivity index is 2.27. The predicted octanol–water partition coefficient (Wildman–Crippen LogP) is 2.33. The van der Waals surface area contributed by atoms with Crippen molar-refractivity contribution in [1.29, 1.82) is 0 Å². The van der Waals surface area contributed by atoms with Crippen molar-refractivity contribution in [3.63, 3.8) is 0 Å². The van der Waals surface area contributed by atoms with Gasteiger partial charge in [-0.1, -0.05) is 18.2 Å². The fourth-order valence-corrected chi connectivity index (χ4v) is 2.44. The number of carbonyl (C=O) groups is 3. The highest BCUT2D eigenvalue weighted by atomic mass is 32.2. The molecule has 7 heteroatoms. The number of carbonyl (C=O) groups excluding carboxylic acids is 3. The van der Waals surface area contributed by atoms with E-state index in [1.54, 1.807) is 13.8 Å². The predicted molar refractivity (Wildman–Crippen MR) is 89.1 cm³/mol. The third kappa shape index (κ3) is 8.25. The Kier molecular flexibility index (Phi) is 8.18. The van der Waals surface area contributed by atoms with Gasteiger partial charge >= 0.3 is 12.0 Å². The normalized spacial score (nSPS) is 11.7. The monoisotopic (exact) mass is 338 g/mol. The molecular weight excluding hydrogens is 316 g/mol. The van der Waals surface area contributed by atoms with E-state index in [9.17, 15) is 14.4 Å². The molecule has 1 atom stereocenters. The molecule has 1 unspecified atom stereocenters. The molecule has 1 rings (SSSR count). The van der Waals surface area contributed by atoms with E-state index in [-0.39, 0.29) is 12.5 Å². The summed E-state index contributed by atoms with van der Waals surface area (Å²) in [6.45, 7) is 4.98. The fraction of sp³-hybridized carbons (Fsp3) is 0.438. The largest absolute Gasteiger partial charge is 0.453 e. The number of amides is 3. The minimum atomic E-state index is -1.01. The van der Waals surface area contributed by atoms with Crippen molar-refractivity contribution in [1.82, 2.24) is 10.6 Å². The molecule has 23 heavy (non-hydrogen) atoms. The number of urea groups is 1. The zero-order chi connectivity index (χ0) is 17.2. The average molecular weight is 338 g/mol. The maximum atomic E-state index is 11.7. The first-order valence-electron chi connectivity index (χ1n) is 7.37. The smallest absolute Gasteiger partial charge is 0.321 e. The molecule has 2 N–H and O–H groups in total. The number of thioether (sulfide) groups is 1. The maximum Gasteiger partial charge on any atom is 0.321 e. The molecule has 0 saturated heterocycles. The zero-order valence-corrected chi connectivity index (χ0v) is 14.3. The topological polar surface area (TPSA) is 84.5 Å². The lowest BCUT2D eigenvalue weighted by Gasteiger charge is -2.14. The molecule has 0 aliphatic heterocycles. The highest BCUT2D eigenvalue weighted by Gasteiger charge is 2.19. The Bertz CT molecular complexity index is 534. The van der Waals surface area contributed by atoms with Crippen LogP contribution in [0.1, 0.15) is 27.2 Å². The molecule has 0 fully saturated rings. The Morgan fingerprint density at radius 3 is 2.39 bits per heavy atom. The van der Waals surface area contributed by atoms with Gasteiger partial charge in [-0.2, -0.15) is 0 Å². The van der Waals surface area contributed by atoms with Crippen LogP contribution in [0.2, 0.25) is 0 Å². The van der Waals surface area contributed by atoms with E-state index in [2.05, 4.69) is 10.6 Å². The summed E-state index contributed by atoms with van der Waals surface area (Å²) in [5.41, 5.74) is 0. The summed E-state index contributed by atoms with van der Waals surface area (Å²) < 4.78 is 5.01. The van der Waals surface area contributed by atoms with E-state index in [0.29, 0.717) is 5.75 Å². The molecule has 126 valence electrons. The lowest BCUT2D eigenvalue weighted by atomic mass is 10.3. The SMILES string of the molecule is CC(C)NC(=O)NC(=O)C(C)OC(=O)CCSc1ccccc1. The molecule has 0 aliphatic rings. The molecule has 1 aromatic rings. The third-order valence-corrected chi connectivity index (χ3v) is 3.67. The van der Waals surface area contributed by atoms with Gasteiger partial charge < -0.3 is 10.1 Å². The van der Waals surface area contributed by atoms with Gasteiger partial charge in [0.25, 0.3) is 5.91 Å². The van der Waals surface area contributed by atoms with Crippen LogP contribution >= 0.6 is 11.8 Å². The minimum absolute atomic E-state index is 0.0873. The van der Waals surface area contributed by atoms with Gasteiger partial charge in [0.2, 0.25) is 0 Å².